The van der Waals surface area contributed by atoms with Crippen molar-refractivity contribution in [2.24, 2.45) is 4.99 Å². The van der Waals surface area contributed by atoms with Crippen LogP contribution in [0.5, 0.6) is 5.75 Å². The molecule has 0 saturated heterocycles. The molecular weight excluding hydrogens is 270 g/mol. The average Bonchev–Trinajstić information content (AvgIpc) is 2.87. The van der Waals surface area contributed by atoms with Crippen molar-refractivity contribution in [1.82, 2.24) is 0 Å². The van der Waals surface area contributed by atoms with E-state index in [1.807, 2.05) is 31.2 Å². The zero-order valence-corrected chi connectivity index (χ0v) is 12.3. The number of carbonyl (C=O) groups excluding carboxylic acids is 1. The standard InChI is InChI=1S/C16H19NO4/c1-3-5-10-20-13-8-6-12(7-9-13)15-17-14(11-19-4-2)16(18)21-15/h6-9,11H,3-5,10H2,1-2H3. The van der Waals surface area contributed by atoms with Gasteiger partial charge in [0, 0.05) is 5.56 Å². The molecule has 21 heavy (non-hydrogen) atoms. The Balaban J connectivity index is 2.04. The Morgan fingerprint density at radius 1 is 1.24 bits per heavy atom. The van der Waals surface area contributed by atoms with Crippen LogP contribution in [0.3, 0.4) is 0 Å². The Bertz CT molecular complexity index is 546. The van der Waals surface area contributed by atoms with Gasteiger partial charge in [-0.25, -0.2) is 9.79 Å². The van der Waals surface area contributed by atoms with E-state index in [0.717, 1.165) is 24.2 Å². The van der Waals surface area contributed by atoms with Crippen LogP contribution in [0.25, 0.3) is 0 Å². The lowest BCUT2D eigenvalue weighted by atomic mass is 10.2. The molecule has 1 aliphatic rings. The molecule has 5 heteroatoms. The van der Waals surface area contributed by atoms with E-state index in [-0.39, 0.29) is 11.6 Å². The van der Waals surface area contributed by atoms with Crippen LogP contribution in [-0.4, -0.2) is 25.1 Å². The predicted octanol–water partition coefficient (Wildman–Crippen LogP) is 3.05. The zero-order valence-electron chi connectivity index (χ0n) is 12.3. The molecule has 0 aliphatic carbocycles. The number of unbranched alkanes of at least 4 members (excludes halogenated alkanes) is 1. The monoisotopic (exact) mass is 289 g/mol. The van der Waals surface area contributed by atoms with Crippen LogP contribution >= 0.6 is 0 Å². The Hall–Kier alpha value is -2.30. The largest absolute Gasteiger partial charge is 0.499 e. The summed E-state index contributed by atoms with van der Waals surface area (Å²) in [4.78, 5) is 15.7. The van der Waals surface area contributed by atoms with Gasteiger partial charge in [-0.2, -0.15) is 0 Å². The summed E-state index contributed by atoms with van der Waals surface area (Å²) in [6.45, 7) is 5.13. The quantitative estimate of drug-likeness (QED) is 0.335. The fourth-order valence-electron chi connectivity index (χ4n) is 1.71. The van der Waals surface area contributed by atoms with Crippen molar-refractivity contribution in [3.05, 3.63) is 41.8 Å². The molecule has 1 heterocycles. The molecule has 1 aromatic rings. The summed E-state index contributed by atoms with van der Waals surface area (Å²) in [6, 6.07) is 7.31. The highest BCUT2D eigenvalue weighted by Gasteiger charge is 2.24. The molecule has 0 N–H and O–H groups in total. The summed E-state index contributed by atoms with van der Waals surface area (Å²) < 4.78 is 15.8. The SMILES string of the molecule is CCCCOc1ccc(C2=NC(=COCC)C(=O)O2)cc1. The van der Waals surface area contributed by atoms with Crippen molar-refractivity contribution >= 4 is 11.9 Å². The molecule has 5 nitrogen and oxygen atoms in total. The lowest BCUT2D eigenvalue weighted by molar-refractivity contribution is -0.130. The topological polar surface area (TPSA) is 57.1 Å². The number of hydrogen-bond acceptors (Lipinski definition) is 5. The molecule has 0 bridgehead atoms. The van der Waals surface area contributed by atoms with Crippen molar-refractivity contribution in [2.45, 2.75) is 26.7 Å². The Morgan fingerprint density at radius 3 is 2.67 bits per heavy atom. The van der Waals surface area contributed by atoms with Gasteiger partial charge in [0.1, 0.15) is 12.0 Å². The number of esters is 1. The maximum atomic E-state index is 11.6. The molecule has 0 fully saturated rings. The Kier molecular flexibility index (Phi) is 5.37. The molecule has 0 spiro atoms. The number of aliphatic imine (C=N–C) groups is 1. The molecule has 1 aromatic carbocycles. The van der Waals surface area contributed by atoms with Crippen LogP contribution in [0.15, 0.2) is 41.2 Å². The minimum atomic E-state index is -0.498. The van der Waals surface area contributed by atoms with Gasteiger partial charge in [0.05, 0.1) is 13.2 Å². The highest BCUT2D eigenvalue weighted by atomic mass is 16.6. The van der Waals surface area contributed by atoms with Gasteiger partial charge in [-0.15, -0.1) is 0 Å². The number of benzene rings is 1. The molecular formula is C16H19NO4. The molecule has 0 radical (unpaired) electrons. The minimum absolute atomic E-state index is 0.176. The van der Waals surface area contributed by atoms with Gasteiger partial charge in [-0.1, -0.05) is 13.3 Å². The van der Waals surface area contributed by atoms with Gasteiger partial charge in [-0.05, 0) is 37.6 Å². The van der Waals surface area contributed by atoms with E-state index in [2.05, 4.69) is 11.9 Å². The third-order valence-electron chi connectivity index (χ3n) is 2.85. The van der Waals surface area contributed by atoms with E-state index in [0.29, 0.717) is 13.2 Å². The van der Waals surface area contributed by atoms with Crippen LogP contribution < -0.4 is 4.74 Å². The summed E-state index contributed by atoms with van der Waals surface area (Å²) in [6.07, 6.45) is 3.44. The third kappa shape index (κ3) is 4.08. The van der Waals surface area contributed by atoms with E-state index < -0.39 is 5.97 Å². The smallest absolute Gasteiger partial charge is 0.367 e. The lowest BCUT2D eigenvalue weighted by Crippen LogP contribution is -2.05. The maximum absolute atomic E-state index is 11.6. The van der Waals surface area contributed by atoms with Crippen LogP contribution in [0.4, 0.5) is 0 Å². The van der Waals surface area contributed by atoms with Crippen LogP contribution in [0.1, 0.15) is 32.3 Å². The van der Waals surface area contributed by atoms with E-state index in [1.54, 1.807) is 0 Å². The second-order valence-corrected chi connectivity index (χ2v) is 4.49. The van der Waals surface area contributed by atoms with Crippen LogP contribution in [0, 0.1) is 0 Å². The molecule has 0 aromatic heterocycles. The number of hydrogen-bond donors (Lipinski definition) is 0. The van der Waals surface area contributed by atoms with Gasteiger partial charge in [0.25, 0.3) is 0 Å². The van der Waals surface area contributed by atoms with Crippen LogP contribution in [-0.2, 0) is 14.3 Å². The molecule has 0 atom stereocenters. The van der Waals surface area contributed by atoms with Crippen molar-refractivity contribution in [1.29, 1.82) is 0 Å². The number of carbonyl (C=O) groups is 1. The molecule has 0 amide bonds. The van der Waals surface area contributed by atoms with Gasteiger partial charge in [0.15, 0.2) is 5.70 Å². The second-order valence-electron chi connectivity index (χ2n) is 4.49. The zero-order chi connectivity index (χ0) is 15.1. The fraction of sp³-hybridized carbons (Fsp3) is 0.375. The van der Waals surface area contributed by atoms with E-state index in [9.17, 15) is 4.79 Å². The first kappa shape index (κ1) is 15.1. The maximum Gasteiger partial charge on any atom is 0.367 e. The van der Waals surface area contributed by atoms with Crippen molar-refractivity contribution in [3.63, 3.8) is 0 Å². The Morgan fingerprint density at radius 2 is 2.00 bits per heavy atom. The predicted molar refractivity (Wildman–Crippen MR) is 79.2 cm³/mol. The Labute approximate surface area is 124 Å². The third-order valence-corrected chi connectivity index (χ3v) is 2.85. The summed E-state index contributed by atoms with van der Waals surface area (Å²) >= 11 is 0. The number of rotatable bonds is 7. The number of ether oxygens (including phenoxy) is 3. The van der Waals surface area contributed by atoms with E-state index in [4.69, 9.17) is 14.2 Å². The second kappa shape index (κ2) is 7.47. The first-order valence-corrected chi connectivity index (χ1v) is 7.10. The molecule has 0 saturated carbocycles. The first-order chi connectivity index (χ1) is 10.2. The highest BCUT2D eigenvalue weighted by Crippen LogP contribution is 2.19. The molecule has 0 unspecified atom stereocenters. The molecule has 1 aliphatic heterocycles. The van der Waals surface area contributed by atoms with Gasteiger partial charge in [0.2, 0.25) is 5.90 Å². The normalized spacial score (nSPS) is 15.8. The van der Waals surface area contributed by atoms with E-state index in [1.165, 1.54) is 6.26 Å². The fourth-order valence-corrected chi connectivity index (χ4v) is 1.71. The highest BCUT2D eigenvalue weighted by molar-refractivity contribution is 6.11. The summed E-state index contributed by atoms with van der Waals surface area (Å²) in [5, 5.41) is 0. The first-order valence-electron chi connectivity index (χ1n) is 7.10. The summed E-state index contributed by atoms with van der Waals surface area (Å²) in [5.74, 6) is 0.579. The van der Waals surface area contributed by atoms with Crippen molar-refractivity contribution < 1.29 is 19.0 Å². The number of cyclic esters (lactones) is 1. The van der Waals surface area contributed by atoms with Crippen molar-refractivity contribution in [2.75, 3.05) is 13.2 Å². The van der Waals surface area contributed by atoms with Crippen molar-refractivity contribution in [3.8, 4) is 5.75 Å². The number of nitrogens with zero attached hydrogens (tertiary/aromatic N) is 1. The average molecular weight is 289 g/mol. The molecule has 112 valence electrons. The summed E-state index contributed by atoms with van der Waals surface area (Å²) in [7, 11) is 0. The van der Waals surface area contributed by atoms with Crippen LogP contribution in [0.2, 0.25) is 0 Å². The lowest BCUT2D eigenvalue weighted by Gasteiger charge is -2.05. The molecule has 2 rings (SSSR count). The minimum Gasteiger partial charge on any atom is -0.499 e. The van der Waals surface area contributed by atoms with Gasteiger partial charge >= 0.3 is 5.97 Å². The van der Waals surface area contributed by atoms with Gasteiger partial charge in [-0.3, -0.25) is 0 Å². The van der Waals surface area contributed by atoms with Gasteiger partial charge < -0.3 is 14.2 Å². The van der Waals surface area contributed by atoms with E-state index >= 15 is 0 Å². The summed E-state index contributed by atoms with van der Waals surface area (Å²) in [5.41, 5.74) is 0.904.